The summed E-state index contributed by atoms with van der Waals surface area (Å²) in [4.78, 5) is 0.177. The van der Waals surface area contributed by atoms with Crippen LogP contribution in [0.1, 0.15) is 13.8 Å². The van der Waals surface area contributed by atoms with Crippen LogP contribution in [0.15, 0.2) is 33.6 Å². The molecule has 0 fully saturated rings. The fourth-order valence-electron chi connectivity index (χ4n) is 1.17. The Morgan fingerprint density at radius 3 is 2.47 bits per heavy atom. The van der Waals surface area contributed by atoms with Crippen LogP contribution in [-0.4, -0.2) is 26.2 Å². The number of nitrogens with one attached hydrogen (secondary N) is 1. The molecule has 0 radical (unpaired) electrons. The summed E-state index contributed by atoms with van der Waals surface area (Å²) in [6.07, 6.45) is -0.688. The largest absolute Gasteiger partial charge is 0.391 e. The van der Waals surface area contributed by atoms with Gasteiger partial charge in [-0.2, -0.15) is 0 Å². The van der Waals surface area contributed by atoms with Crippen molar-refractivity contribution in [2.75, 3.05) is 6.54 Å². The summed E-state index contributed by atoms with van der Waals surface area (Å²) in [5.74, 6) is 0.0110. The van der Waals surface area contributed by atoms with Gasteiger partial charge in [-0.25, -0.2) is 13.1 Å². The Morgan fingerprint density at radius 2 is 1.94 bits per heavy atom. The Morgan fingerprint density at radius 1 is 1.35 bits per heavy atom. The smallest absolute Gasteiger partial charge is 0.241 e. The lowest BCUT2D eigenvalue weighted by atomic mass is 10.1. The molecular weight excluding hydrogens is 306 g/mol. The molecule has 0 aliphatic carbocycles. The van der Waals surface area contributed by atoms with Crippen molar-refractivity contribution in [1.29, 1.82) is 0 Å². The lowest BCUT2D eigenvalue weighted by Crippen LogP contribution is -2.34. The molecule has 2 N–H and O–H groups in total. The highest BCUT2D eigenvalue weighted by molar-refractivity contribution is 9.10. The second kappa shape index (κ2) is 5.95. The molecule has 96 valence electrons. The number of halogens is 1. The SMILES string of the molecule is CC(C)C(O)CNS(=O)(=O)c1ccccc1Br. The van der Waals surface area contributed by atoms with Crippen LogP contribution in [0.2, 0.25) is 0 Å². The van der Waals surface area contributed by atoms with Gasteiger partial charge < -0.3 is 5.11 Å². The molecular formula is C11H16BrNO3S. The fourth-order valence-corrected chi connectivity index (χ4v) is 3.22. The zero-order chi connectivity index (χ0) is 13.1. The maximum atomic E-state index is 11.9. The van der Waals surface area contributed by atoms with Crippen molar-refractivity contribution in [3.05, 3.63) is 28.7 Å². The van der Waals surface area contributed by atoms with Gasteiger partial charge in [0, 0.05) is 11.0 Å². The van der Waals surface area contributed by atoms with Gasteiger partial charge in [-0.05, 0) is 34.0 Å². The molecule has 6 heteroatoms. The number of rotatable bonds is 5. The molecule has 0 aliphatic heterocycles. The number of sulfonamides is 1. The summed E-state index contributed by atoms with van der Waals surface area (Å²) >= 11 is 3.19. The predicted octanol–water partition coefficient (Wildman–Crippen LogP) is 1.74. The van der Waals surface area contributed by atoms with Crippen LogP contribution < -0.4 is 4.72 Å². The minimum Gasteiger partial charge on any atom is -0.391 e. The molecule has 1 rings (SSSR count). The van der Waals surface area contributed by atoms with E-state index in [0.717, 1.165) is 0 Å². The first-order chi connectivity index (χ1) is 7.84. The normalized spacial score (nSPS) is 13.9. The molecule has 0 aliphatic rings. The topological polar surface area (TPSA) is 66.4 Å². The fraction of sp³-hybridized carbons (Fsp3) is 0.455. The summed E-state index contributed by atoms with van der Waals surface area (Å²) in [6, 6.07) is 6.56. The van der Waals surface area contributed by atoms with Crippen LogP contribution in [0, 0.1) is 5.92 Å². The predicted molar refractivity (Wildman–Crippen MR) is 70.2 cm³/mol. The molecule has 1 aromatic rings. The second-order valence-corrected chi connectivity index (χ2v) is 6.68. The Kier molecular flexibility index (Phi) is 5.12. The van der Waals surface area contributed by atoms with Gasteiger partial charge in [-0.15, -0.1) is 0 Å². The van der Waals surface area contributed by atoms with Gasteiger partial charge in [-0.3, -0.25) is 0 Å². The Bertz CT molecular complexity index is 473. The summed E-state index contributed by atoms with van der Waals surface area (Å²) in [5.41, 5.74) is 0. The third-order valence-corrected chi connectivity index (χ3v) is 4.81. The Labute approximate surface area is 110 Å². The van der Waals surface area contributed by atoms with E-state index in [1.807, 2.05) is 13.8 Å². The quantitative estimate of drug-likeness (QED) is 0.868. The van der Waals surface area contributed by atoms with Gasteiger partial charge in [-0.1, -0.05) is 26.0 Å². The average molecular weight is 322 g/mol. The molecule has 0 bridgehead atoms. The van der Waals surface area contributed by atoms with Crippen molar-refractivity contribution >= 4 is 26.0 Å². The molecule has 0 amide bonds. The average Bonchev–Trinajstić information content (AvgIpc) is 2.26. The van der Waals surface area contributed by atoms with E-state index >= 15 is 0 Å². The van der Waals surface area contributed by atoms with Crippen LogP contribution in [0.4, 0.5) is 0 Å². The standard InChI is InChI=1S/C11H16BrNO3S/c1-8(2)10(14)7-13-17(15,16)11-6-4-3-5-9(11)12/h3-6,8,10,13-14H,7H2,1-2H3. The Balaban J connectivity index is 2.80. The van der Waals surface area contributed by atoms with E-state index in [0.29, 0.717) is 4.47 Å². The monoisotopic (exact) mass is 321 g/mol. The van der Waals surface area contributed by atoms with E-state index in [-0.39, 0.29) is 17.4 Å². The van der Waals surface area contributed by atoms with Crippen LogP contribution in [0.3, 0.4) is 0 Å². The summed E-state index contributed by atoms with van der Waals surface area (Å²) < 4.78 is 26.8. The number of benzene rings is 1. The van der Waals surface area contributed by atoms with Crippen LogP contribution >= 0.6 is 15.9 Å². The zero-order valence-corrected chi connectivity index (χ0v) is 12.1. The van der Waals surface area contributed by atoms with E-state index in [9.17, 15) is 13.5 Å². The highest BCUT2D eigenvalue weighted by Crippen LogP contribution is 2.20. The Hall–Kier alpha value is -0.430. The van der Waals surface area contributed by atoms with E-state index in [2.05, 4.69) is 20.7 Å². The van der Waals surface area contributed by atoms with Crippen LogP contribution in [0.5, 0.6) is 0 Å². The third-order valence-electron chi connectivity index (χ3n) is 2.38. The van der Waals surface area contributed by atoms with Gasteiger partial charge in [0.05, 0.1) is 11.0 Å². The van der Waals surface area contributed by atoms with Crippen molar-refractivity contribution in [2.45, 2.75) is 24.8 Å². The third kappa shape index (κ3) is 4.06. The van der Waals surface area contributed by atoms with E-state index in [1.165, 1.54) is 6.07 Å². The molecule has 0 saturated heterocycles. The lowest BCUT2D eigenvalue weighted by molar-refractivity contribution is 0.129. The van der Waals surface area contributed by atoms with Crippen molar-refractivity contribution in [1.82, 2.24) is 4.72 Å². The summed E-state index contributed by atoms with van der Waals surface area (Å²) in [7, 11) is -3.58. The second-order valence-electron chi connectivity index (χ2n) is 4.09. The number of aliphatic hydroxyl groups excluding tert-OH is 1. The molecule has 0 heterocycles. The van der Waals surface area contributed by atoms with E-state index in [4.69, 9.17) is 0 Å². The van der Waals surface area contributed by atoms with Crippen LogP contribution in [0.25, 0.3) is 0 Å². The molecule has 0 saturated carbocycles. The first-order valence-electron chi connectivity index (χ1n) is 5.27. The van der Waals surface area contributed by atoms with E-state index < -0.39 is 16.1 Å². The number of hydrogen-bond acceptors (Lipinski definition) is 3. The van der Waals surface area contributed by atoms with Crippen molar-refractivity contribution < 1.29 is 13.5 Å². The van der Waals surface area contributed by atoms with Crippen molar-refractivity contribution in [3.63, 3.8) is 0 Å². The first-order valence-corrected chi connectivity index (χ1v) is 7.54. The maximum absolute atomic E-state index is 11.9. The summed E-state index contributed by atoms with van der Waals surface area (Å²) in [6.45, 7) is 3.68. The molecule has 1 aromatic carbocycles. The molecule has 1 unspecified atom stereocenters. The number of aliphatic hydroxyl groups is 1. The highest BCUT2D eigenvalue weighted by Gasteiger charge is 2.19. The van der Waals surface area contributed by atoms with Gasteiger partial charge >= 0.3 is 0 Å². The van der Waals surface area contributed by atoms with E-state index in [1.54, 1.807) is 18.2 Å². The minimum absolute atomic E-state index is 0.0110. The van der Waals surface area contributed by atoms with Crippen molar-refractivity contribution in [2.24, 2.45) is 5.92 Å². The highest BCUT2D eigenvalue weighted by atomic mass is 79.9. The van der Waals surface area contributed by atoms with Crippen LogP contribution in [-0.2, 0) is 10.0 Å². The summed E-state index contributed by atoms with van der Waals surface area (Å²) in [5, 5.41) is 9.57. The first kappa shape index (κ1) is 14.6. The lowest BCUT2D eigenvalue weighted by Gasteiger charge is -2.15. The van der Waals surface area contributed by atoms with Gasteiger partial charge in [0.25, 0.3) is 0 Å². The zero-order valence-electron chi connectivity index (χ0n) is 9.72. The van der Waals surface area contributed by atoms with Gasteiger partial charge in [0.1, 0.15) is 0 Å². The minimum atomic E-state index is -3.58. The molecule has 0 aromatic heterocycles. The molecule has 17 heavy (non-hydrogen) atoms. The molecule has 0 spiro atoms. The molecule has 4 nitrogen and oxygen atoms in total. The molecule has 1 atom stereocenters. The van der Waals surface area contributed by atoms with Gasteiger partial charge in [0.2, 0.25) is 10.0 Å². The van der Waals surface area contributed by atoms with Gasteiger partial charge in [0.15, 0.2) is 0 Å². The maximum Gasteiger partial charge on any atom is 0.241 e. The number of hydrogen-bond donors (Lipinski definition) is 2. The van der Waals surface area contributed by atoms with Crippen molar-refractivity contribution in [3.8, 4) is 0 Å².